The Morgan fingerprint density at radius 2 is 2.31 bits per heavy atom. The molecule has 3 nitrogen and oxygen atoms in total. The van der Waals surface area contributed by atoms with Crippen molar-refractivity contribution in [1.29, 1.82) is 0 Å². The minimum atomic E-state index is -0.443. The first-order valence-corrected chi connectivity index (χ1v) is 6.25. The van der Waals surface area contributed by atoms with Crippen LogP contribution in [0.3, 0.4) is 0 Å². The zero-order valence-corrected chi connectivity index (χ0v) is 10.6. The van der Waals surface area contributed by atoms with Crippen molar-refractivity contribution in [2.24, 2.45) is 5.84 Å². The molecule has 2 heterocycles. The summed E-state index contributed by atoms with van der Waals surface area (Å²) in [4.78, 5) is 4.01. The molecule has 0 aliphatic rings. The van der Waals surface area contributed by atoms with Crippen molar-refractivity contribution in [1.82, 2.24) is 10.4 Å². The Balaban J connectivity index is 2.45. The summed E-state index contributed by atoms with van der Waals surface area (Å²) in [5, 5.41) is 3.82. The van der Waals surface area contributed by atoms with Gasteiger partial charge < -0.3 is 0 Å². The molecule has 0 radical (unpaired) electrons. The summed E-state index contributed by atoms with van der Waals surface area (Å²) in [6.07, 6.45) is 1.54. The molecule has 0 aliphatic heterocycles. The fraction of sp³-hybridized carbons (Fsp3) is 0.100. The van der Waals surface area contributed by atoms with Crippen LogP contribution in [0.5, 0.6) is 0 Å². The number of nitrogens with one attached hydrogen (secondary N) is 1. The minimum Gasteiger partial charge on any atom is -0.271 e. The van der Waals surface area contributed by atoms with E-state index in [-0.39, 0.29) is 5.82 Å². The quantitative estimate of drug-likeness (QED) is 0.677. The van der Waals surface area contributed by atoms with Crippen molar-refractivity contribution >= 4 is 27.3 Å². The van der Waals surface area contributed by atoms with Gasteiger partial charge in [-0.3, -0.25) is 10.8 Å². The summed E-state index contributed by atoms with van der Waals surface area (Å²) in [5.74, 6) is 5.09. The second-order valence-corrected chi connectivity index (χ2v) is 4.74. The fourth-order valence-electron chi connectivity index (χ4n) is 1.42. The van der Waals surface area contributed by atoms with Crippen molar-refractivity contribution in [2.75, 3.05) is 0 Å². The first-order valence-electron chi connectivity index (χ1n) is 4.52. The van der Waals surface area contributed by atoms with Crippen molar-refractivity contribution in [3.05, 3.63) is 50.6 Å². The third-order valence-electron chi connectivity index (χ3n) is 2.18. The summed E-state index contributed by atoms with van der Waals surface area (Å²) in [7, 11) is 0. The molecule has 84 valence electrons. The molecule has 0 saturated heterocycles. The molecular formula is C10H9BrFN3S. The van der Waals surface area contributed by atoms with E-state index in [2.05, 4.69) is 26.3 Å². The van der Waals surface area contributed by atoms with E-state index in [1.807, 2.05) is 10.8 Å². The number of thiophene rings is 1. The summed E-state index contributed by atoms with van der Waals surface area (Å²) in [5.41, 5.74) is 3.75. The fourth-order valence-corrected chi connectivity index (χ4v) is 2.98. The summed E-state index contributed by atoms with van der Waals surface area (Å²) < 4.78 is 14.5. The van der Waals surface area contributed by atoms with Crippen LogP contribution in [-0.2, 0) is 0 Å². The molecule has 0 saturated carbocycles. The summed E-state index contributed by atoms with van der Waals surface area (Å²) in [6.45, 7) is 0. The Hall–Kier alpha value is -0.820. The molecule has 2 rings (SSSR count). The average Bonchev–Trinajstić information content (AvgIpc) is 2.69. The maximum Gasteiger partial charge on any atom is 0.146 e. The Labute approximate surface area is 105 Å². The summed E-state index contributed by atoms with van der Waals surface area (Å²) >= 11 is 4.91. The van der Waals surface area contributed by atoms with Gasteiger partial charge in [0, 0.05) is 21.6 Å². The van der Waals surface area contributed by atoms with E-state index in [9.17, 15) is 4.39 Å². The van der Waals surface area contributed by atoms with Gasteiger partial charge in [0.2, 0.25) is 0 Å². The number of halogens is 2. The molecule has 0 bridgehead atoms. The topological polar surface area (TPSA) is 50.9 Å². The number of aromatic nitrogens is 1. The van der Waals surface area contributed by atoms with Gasteiger partial charge in [-0.25, -0.2) is 9.82 Å². The van der Waals surface area contributed by atoms with Crippen molar-refractivity contribution in [3.8, 4) is 0 Å². The molecule has 0 spiro atoms. The predicted octanol–water partition coefficient (Wildman–Crippen LogP) is 2.60. The van der Waals surface area contributed by atoms with E-state index < -0.39 is 6.04 Å². The SMILES string of the molecule is NNC(c1cscc1Br)c1ncccc1F. The molecule has 3 N–H and O–H groups in total. The summed E-state index contributed by atoms with van der Waals surface area (Å²) in [6, 6.07) is 2.48. The largest absolute Gasteiger partial charge is 0.271 e. The molecule has 2 aromatic rings. The van der Waals surface area contributed by atoms with E-state index in [1.165, 1.54) is 17.4 Å². The van der Waals surface area contributed by atoms with Crippen LogP contribution in [0.2, 0.25) is 0 Å². The van der Waals surface area contributed by atoms with Crippen LogP contribution >= 0.6 is 27.3 Å². The lowest BCUT2D eigenvalue weighted by Crippen LogP contribution is -2.30. The number of rotatable bonds is 3. The van der Waals surface area contributed by atoms with E-state index in [0.717, 1.165) is 10.0 Å². The first kappa shape index (κ1) is 11.7. The van der Waals surface area contributed by atoms with Crippen LogP contribution in [-0.4, -0.2) is 4.98 Å². The van der Waals surface area contributed by atoms with Crippen LogP contribution < -0.4 is 11.3 Å². The lowest BCUT2D eigenvalue weighted by Gasteiger charge is -2.15. The van der Waals surface area contributed by atoms with Gasteiger partial charge in [-0.2, -0.15) is 11.3 Å². The standard InChI is InChI=1S/C10H9BrFN3S/c11-7-5-16-4-6(7)9(15-13)10-8(12)2-1-3-14-10/h1-5,9,15H,13H2. The van der Waals surface area contributed by atoms with Crippen LogP contribution in [0.25, 0.3) is 0 Å². The number of nitrogens with zero attached hydrogens (tertiary/aromatic N) is 1. The van der Waals surface area contributed by atoms with Gasteiger partial charge in [0.1, 0.15) is 5.82 Å². The van der Waals surface area contributed by atoms with E-state index in [1.54, 1.807) is 12.3 Å². The van der Waals surface area contributed by atoms with Crippen LogP contribution in [0.1, 0.15) is 17.3 Å². The molecule has 6 heteroatoms. The molecule has 2 aromatic heterocycles. The Bertz CT molecular complexity index is 488. The van der Waals surface area contributed by atoms with E-state index >= 15 is 0 Å². The van der Waals surface area contributed by atoms with Gasteiger partial charge in [0.15, 0.2) is 0 Å². The monoisotopic (exact) mass is 301 g/mol. The Morgan fingerprint density at radius 3 is 2.88 bits per heavy atom. The van der Waals surface area contributed by atoms with Gasteiger partial charge in [-0.15, -0.1) is 0 Å². The lowest BCUT2D eigenvalue weighted by molar-refractivity contribution is 0.543. The molecule has 0 aromatic carbocycles. The van der Waals surface area contributed by atoms with Crippen molar-refractivity contribution in [3.63, 3.8) is 0 Å². The van der Waals surface area contributed by atoms with E-state index in [4.69, 9.17) is 5.84 Å². The van der Waals surface area contributed by atoms with E-state index in [0.29, 0.717) is 5.69 Å². The van der Waals surface area contributed by atoms with Gasteiger partial charge in [0.25, 0.3) is 0 Å². The zero-order valence-electron chi connectivity index (χ0n) is 8.15. The first-order chi connectivity index (χ1) is 7.74. The van der Waals surface area contributed by atoms with Gasteiger partial charge in [-0.05, 0) is 33.4 Å². The maximum absolute atomic E-state index is 13.6. The normalized spacial score (nSPS) is 12.7. The Morgan fingerprint density at radius 1 is 1.50 bits per heavy atom. The number of hydrazine groups is 1. The number of pyridine rings is 1. The zero-order chi connectivity index (χ0) is 11.5. The average molecular weight is 302 g/mol. The van der Waals surface area contributed by atoms with Gasteiger partial charge in [-0.1, -0.05) is 0 Å². The molecule has 1 unspecified atom stereocenters. The minimum absolute atomic E-state index is 0.295. The number of nitrogens with two attached hydrogens (primary N) is 1. The lowest BCUT2D eigenvalue weighted by atomic mass is 10.1. The Kier molecular flexibility index (Phi) is 3.65. The third-order valence-corrected chi connectivity index (χ3v) is 3.93. The highest BCUT2D eigenvalue weighted by Gasteiger charge is 2.20. The van der Waals surface area contributed by atoms with Gasteiger partial charge in [0.05, 0.1) is 11.7 Å². The highest BCUT2D eigenvalue weighted by Crippen LogP contribution is 2.31. The second kappa shape index (κ2) is 5.01. The number of hydrogen-bond acceptors (Lipinski definition) is 4. The van der Waals surface area contributed by atoms with Crippen LogP contribution in [0.4, 0.5) is 4.39 Å². The molecule has 16 heavy (non-hydrogen) atoms. The second-order valence-electron chi connectivity index (χ2n) is 3.15. The van der Waals surface area contributed by atoms with Crippen LogP contribution in [0.15, 0.2) is 33.6 Å². The third kappa shape index (κ3) is 2.15. The smallest absolute Gasteiger partial charge is 0.146 e. The van der Waals surface area contributed by atoms with Crippen LogP contribution in [0, 0.1) is 5.82 Å². The molecular weight excluding hydrogens is 293 g/mol. The highest BCUT2D eigenvalue weighted by atomic mass is 79.9. The molecule has 1 atom stereocenters. The molecule has 0 fully saturated rings. The maximum atomic E-state index is 13.6. The molecule has 0 aliphatic carbocycles. The predicted molar refractivity (Wildman–Crippen MR) is 65.4 cm³/mol. The van der Waals surface area contributed by atoms with Gasteiger partial charge >= 0.3 is 0 Å². The highest BCUT2D eigenvalue weighted by molar-refractivity contribution is 9.10. The number of hydrogen-bond donors (Lipinski definition) is 2. The molecule has 0 amide bonds. The van der Waals surface area contributed by atoms with Crippen molar-refractivity contribution < 1.29 is 4.39 Å². The van der Waals surface area contributed by atoms with Crippen molar-refractivity contribution in [2.45, 2.75) is 6.04 Å².